The minimum absolute atomic E-state index is 0.225. The molecule has 0 aromatic heterocycles. The summed E-state index contributed by atoms with van der Waals surface area (Å²) in [7, 11) is 2.04. The number of hydrogen-bond donors (Lipinski definition) is 1. The largest absolute Gasteiger partial charge is 0.395 e. The van der Waals surface area contributed by atoms with Gasteiger partial charge in [-0.05, 0) is 37.6 Å². The van der Waals surface area contributed by atoms with E-state index in [0.717, 1.165) is 13.1 Å². The highest BCUT2D eigenvalue weighted by molar-refractivity contribution is 5.49. The van der Waals surface area contributed by atoms with Crippen molar-refractivity contribution in [3.63, 3.8) is 0 Å². The minimum atomic E-state index is 0.225. The zero-order valence-electron chi connectivity index (χ0n) is 10.6. The number of likely N-dealkylation sites (N-methyl/N-ethyl adjacent to an activating group) is 1. The van der Waals surface area contributed by atoms with Crippen molar-refractivity contribution < 1.29 is 5.11 Å². The lowest BCUT2D eigenvalue weighted by molar-refractivity contribution is 0.217. The van der Waals surface area contributed by atoms with Crippen LogP contribution in [0.15, 0.2) is 24.3 Å². The molecule has 0 spiro atoms. The summed E-state index contributed by atoms with van der Waals surface area (Å²) in [4.78, 5) is 4.60. The van der Waals surface area contributed by atoms with E-state index in [0.29, 0.717) is 0 Å². The maximum absolute atomic E-state index is 8.89. The number of rotatable bonds is 5. The normalized spacial score (nSPS) is 15.8. The van der Waals surface area contributed by atoms with Gasteiger partial charge in [0.25, 0.3) is 0 Å². The van der Waals surface area contributed by atoms with Gasteiger partial charge in [-0.3, -0.25) is 4.90 Å². The van der Waals surface area contributed by atoms with Gasteiger partial charge in [0.15, 0.2) is 0 Å². The van der Waals surface area contributed by atoms with Crippen LogP contribution in [0.5, 0.6) is 0 Å². The molecule has 0 bridgehead atoms. The summed E-state index contributed by atoms with van der Waals surface area (Å²) in [6.45, 7) is 4.24. The lowest BCUT2D eigenvalue weighted by Crippen LogP contribution is -2.22. The van der Waals surface area contributed by atoms with Crippen molar-refractivity contribution in [2.75, 3.05) is 38.2 Å². The third-order valence-electron chi connectivity index (χ3n) is 3.32. The Morgan fingerprint density at radius 1 is 1.29 bits per heavy atom. The van der Waals surface area contributed by atoms with Crippen molar-refractivity contribution in [1.29, 1.82) is 0 Å². The van der Waals surface area contributed by atoms with Crippen LogP contribution in [0.4, 0.5) is 5.69 Å². The van der Waals surface area contributed by atoms with Gasteiger partial charge in [-0.2, -0.15) is 0 Å². The molecular weight excluding hydrogens is 212 g/mol. The first-order chi connectivity index (χ1) is 8.29. The first kappa shape index (κ1) is 12.4. The first-order valence-electron chi connectivity index (χ1n) is 6.43. The molecule has 2 rings (SSSR count). The summed E-state index contributed by atoms with van der Waals surface area (Å²) in [6, 6.07) is 8.77. The molecule has 3 nitrogen and oxygen atoms in total. The SMILES string of the molecule is CN(CCO)Cc1cccc(N2CCCC2)c1. The maximum Gasteiger partial charge on any atom is 0.0558 e. The van der Waals surface area contributed by atoms with Crippen molar-refractivity contribution in [3.8, 4) is 0 Å². The van der Waals surface area contributed by atoms with E-state index >= 15 is 0 Å². The smallest absolute Gasteiger partial charge is 0.0558 e. The van der Waals surface area contributed by atoms with E-state index < -0.39 is 0 Å². The topological polar surface area (TPSA) is 26.7 Å². The van der Waals surface area contributed by atoms with Crippen LogP contribution in [-0.4, -0.2) is 43.3 Å². The van der Waals surface area contributed by atoms with E-state index in [4.69, 9.17) is 5.11 Å². The van der Waals surface area contributed by atoms with Crippen molar-refractivity contribution in [2.24, 2.45) is 0 Å². The Bertz CT molecular complexity index is 348. The zero-order valence-corrected chi connectivity index (χ0v) is 10.6. The lowest BCUT2D eigenvalue weighted by atomic mass is 10.2. The zero-order chi connectivity index (χ0) is 12.1. The van der Waals surface area contributed by atoms with Crippen LogP contribution in [-0.2, 0) is 6.54 Å². The highest BCUT2D eigenvalue weighted by Crippen LogP contribution is 2.21. The molecule has 1 aromatic carbocycles. The van der Waals surface area contributed by atoms with Gasteiger partial charge in [-0.15, -0.1) is 0 Å². The molecule has 1 fully saturated rings. The first-order valence-corrected chi connectivity index (χ1v) is 6.43. The summed E-state index contributed by atoms with van der Waals surface area (Å²) in [6.07, 6.45) is 2.63. The number of hydrogen-bond acceptors (Lipinski definition) is 3. The molecule has 0 aliphatic carbocycles. The molecule has 94 valence electrons. The van der Waals surface area contributed by atoms with E-state index in [9.17, 15) is 0 Å². The van der Waals surface area contributed by atoms with Crippen molar-refractivity contribution in [3.05, 3.63) is 29.8 Å². The van der Waals surface area contributed by atoms with E-state index in [2.05, 4.69) is 34.1 Å². The van der Waals surface area contributed by atoms with Gasteiger partial charge < -0.3 is 10.0 Å². The Balaban J connectivity index is 2.00. The third kappa shape index (κ3) is 3.45. The van der Waals surface area contributed by atoms with Crippen molar-refractivity contribution in [1.82, 2.24) is 4.90 Å². The van der Waals surface area contributed by atoms with Crippen LogP contribution in [0.3, 0.4) is 0 Å². The Hall–Kier alpha value is -1.06. The van der Waals surface area contributed by atoms with Gasteiger partial charge in [0.1, 0.15) is 0 Å². The van der Waals surface area contributed by atoms with Crippen LogP contribution in [0, 0.1) is 0 Å². The predicted molar refractivity (Wildman–Crippen MR) is 71.3 cm³/mol. The molecule has 0 amide bonds. The number of nitrogens with zero attached hydrogens (tertiary/aromatic N) is 2. The monoisotopic (exact) mass is 234 g/mol. The van der Waals surface area contributed by atoms with Crippen molar-refractivity contribution >= 4 is 5.69 Å². The summed E-state index contributed by atoms with van der Waals surface area (Å²) in [5.74, 6) is 0. The van der Waals surface area contributed by atoms with Gasteiger partial charge >= 0.3 is 0 Å². The molecule has 0 atom stereocenters. The Morgan fingerprint density at radius 2 is 2.06 bits per heavy atom. The quantitative estimate of drug-likeness (QED) is 0.840. The minimum Gasteiger partial charge on any atom is -0.395 e. The van der Waals surface area contributed by atoms with Crippen LogP contribution >= 0.6 is 0 Å². The summed E-state index contributed by atoms with van der Waals surface area (Å²) in [5.41, 5.74) is 2.67. The standard InChI is InChI=1S/C14H22N2O/c1-15(9-10-17)12-13-5-4-6-14(11-13)16-7-2-3-8-16/h4-6,11,17H,2-3,7-10,12H2,1H3. The highest BCUT2D eigenvalue weighted by Gasteiger charge is 2.12. The van der Waals surface area contributed by atoms with Crippen LogP contribution in [0.25, 0.3) is 0 Å². The van der Waals surface area contributed by atoms with Gasteiger partial charge in [0.2, 0.25) is 0 Å². The number of aliphatic hydroxyl groups is 1. The molecule has 0 saturated carbocycles. The van der Waals surface area contributed by atoms with Crippen LogP contribution in [0.2, 0.25) is 0 Å². The third-order valence-corrected chi connectivity index (χ3v) is 3.32. The molecule has 1 N–H and O–H groups in total. The number of benzene rings is 1. The fourth-order valence-electron chi connectivity index (χ4n) is 2.39. The summed E-state index contributed by atoms with van der Waals surface area (Å²) in [5, 5.41) is 8.89. The fourth-order valence-corrected chi connectivity index (χ4v) is 2.39. The molecular formula is C14H22N2O. The molecule has 17 heavy (non-hydrogen) atoms. The summed E-state index contributed by atoms with van der Waals surface area (Å²) >= 11 is 0. The highest BCUT2D eigenvalue weighted by atomic mass is 16.3. The number of anilines is 1. The molecule has 1 aliphatic rings. The Labute approximate surface area is 104 Å². The Kier molecular flexibility index (Phi) is 4.40. The molecule has 3 heteroatoms. The molecule has 1 saturated heterocycles. The van der Waals surface area contributed by atoms with Crippen molar-refractivity contribution in [2.45, 2.75) is 19.4 Å². The Morgan fingerprint density at radius 3 is 2.76 bits per heavy atom. The van der Waals surface area contributed by atoms with Crippen LogP contribution in [0.1, 0.15) is 18.4 Å². The second-order valence-corrected chi connectivity index (χ2v) is 4.83. The average Bonchev–Trinajstić information content (AvgIpc) is 2.83. The van der Waals surface area contributed by atoms with Gasteiger partial charge in [-0.25, -0.2) is 0 Å². The molecule has 1 aliphatic heterocycles. The molecule has 0 unspecified atom stereocenters. The predicted octanol–water partition coefficient (Wildman–Crippen LogP) is 1.71. The average molecular weight is 234 g/mol. The lowest BCUT2D eigenvalue weighted by Gasteiger charge is -2.20. The molecule has 1 aromatic rings. The second kappa shape index (κ2) is 6.03. The fraction of sp³-hybridized carbons (Fsp3) is 0.571. The van der Waals surface area contributed by atoms with Gasteiger partial charge in [0.05, 0.1) is 6.61 Å². The molecule has 0 radical (unpaired) electrons. The van der Waals surface area contributed by atoms with E-state index in [1.165, 1.54) is 37.2 Å². The van der Waals surface area contributed by atoms with E-state index in [1.54, 1.807) is 0 Å². The number of aliphatic hydroxyl groups excluding tert-OH is 1. The molecule has 1 heterocycles. The van der Waals surface area contributed by atoms with Gasteiger partial charge in [-0.1, -0.05) is 12.1 Å². The van der Waals surface area contributed by atoms with E-state index in [-0.39, 0.29) is 6.61 Å². The van der Waals surface area contributed by atoms with Gasteiger partial charge in [0, 0.05) is 31.9 Å². The maximum atomic E-state index is 8.89. The summed E-state index contributed by atoms with van der Waals surface area (Å²) < 4.78 is 0. The van der Waals surface area contributed by atoms with E-state index in [1.807, 2.05) is 7.05 Å². The van der Waals surface area contributed by atoms with Crippen LogP contribution < -0.4 is 4.90 Å². The second-order valence-electron chi connectivity index (χ2n) is 4.83.